The third kappa shape index (κ3) is 4.58. The topological polar surface area (TPSA) is 39.9 Å². The summed E-state index contributed by atoms with van der Waals surface area (Å²) in [5, 5.41) is 0. The van der Waals surface area contributed by atoms with Crippen molar-refractivity contribution in [2.24, 2.45) is 0 Å². The van der Waals surface area contributed by atoms with Gasteiger partial charge >= 0.3 is 0 Å². The Kier molecular flexibility index (Phi) is 5.73. The van der Waals surface area contributed by atoms with Gasteiger partial charge in [-0.15, -0.1) is 0 Å². The molecule has 0 N–H and O–H groups in total. The van der Waals surface area contributed by atoms with E-state index in [1.54, 1.807) is 0 Å². The van der Waals surface area contributed by atoms with Crippen LogP contribution in [0.3, 0.4) is 0 Å². The summed E-state index contributed by atoms with van der Waals surface area (Å²) in [6.07, 6.45) is 5.99. The molecule has 1 aromatic heterocycles. The van der Waals surface area contributed by atoms with E-state index in [0.29, 0.717) is 5.76 Å². The van der Waals surface area contributed by atoms with Crippen LogP contribution < -0.4 is 0 Å². The molecule has 0 bridgehead atoms. The number of piperazine rings is 1. The molecule has 2 saturated heterocycles. The van der Waals surface area contributed by atoms with Crippen LogP contribution >= 0.6 is 0 Å². The maximum absolute atomic E-state index is 12.6. The molecule has 0 aromatic carbocycles. The van der Waals surface area contributed by atoms with Gasteiger partial charge in [-0.25, -0.2) is 0 Å². The fourth-order valence-electron chi connectivity index (χ4n) is 3.41. The van der Waals surface area contributed by atoms with Crippen molar-refractivity contribution in [2.45, 2.75) is 38.6 Å². The maximum Gasteiger partial charge on any atom is 0.289 e. The van der Waals surface area contributed by atoms with E-state index >= 15 is 0 Å². The van der Waals surface area contributed by atoms with Gasteiger partial charge in [-0.3, -0.25) is 9.69 Å². The minimum Gasteiger partial charge on any atom is -0.455 e. The molecule has 0 radical (unpaired) electrons. The fraction of sp³-hybridized carbons (Fsp3) is 0.722. The Balaban J connectivity index is 1.56. The lowest BCUT2D eigenvalue weighted by atomic mass is 10.1. The van der Waals surface area contributed by atoms with Gasteiger partial charge in [0.1, 0.15) is 5.76 Å². The molecule has 1 amide bonds. The van der Waals surface area contributed by atoms with Crippen molar-refractivity contribution < 1.29 is 9.21 Å². The molecule has 0 atom stereocenters. The molecule has 2 fully saturated rings. The summed E-state index contributed by atoms with van der Waals surface area (Å²) in [5.41, 5.74) is 0. The van der Waals surface area contributed by atoms with Crippen molar-refractivity contribution in [3.8, 4) is 0 Å². The van der Waals surface area contributed by atoms with E-state index in [9.17, 15) is 4.79 Å². The fourth-order valence-corrected chi connectivity index (χ4v) is 3.41. The second kappa shape index (κ2) is 7.97. The quantitative estimate of drug-likeness (QED) is 0.858. The lowest BCUT2D eigenvalue weighted by molar-refractivity contribution is 0.0704. The molecule has 0 unspecified atom stereocenters. The number of carbonyl (C=O) groups is 1. The van der Waals surface area contributed by atoms with E-state index in [0.717, 1.165) is 64.4 Å². The Hall–Kier alpha value is -1.33. The van der Waals surface area contributed by atoms with Crippen LogP contribution in [0.1, 0.15) is 48.4 Å². The molecule has 0 saturated carbocycles. The van der Waals surface area contributed by atoms with E-state index in [2.05, 4.69) is 16.8 Å². The van der Waals surface area contributed by atoms with Crippen molar-refractivity contribution in [1.29, 1.82) is 0 Å². The summed E-state index contributed by atoms with van der Waals surface area (Å²) in [7, 11) is 2.16. The van der Waals surface area contributed by atoms with Gasteiger partial charge in [-0.1, -0.05) is 19.3 Å². The second-order valence-corrected chi connectivity index (χ2v) is 6.91. The Morgan fingerprint density at radius 1 is 0.957 bits per heavy atom. The van der Waals surface area contributed by atoms with Crippen molar-refractivity contribution >= 4 is 5.91 Å². The van der Waals surface area contributed by atoms with E-state index in [-0.39, 0.29) is 5.91 Å². The van der Waals surface area contributed by atoms with E-state index in [4.69, 9.17) is 4.42 Å². The zero-order chi connectivity index (χ0) is 16.1. The smallest absolute Gasteiger partial charge is 0.289 e. The van der Waals surface area contributed by atoms with Gasteiger partial charge in [0, 0.05) is 39.3 Å². The highest BCUT2D eigenvalue weighted by Gasteiger charge is 2.21. The van der Waals surface area contributed by atoms with Gasteiger partial charge in [0.05, 0.1) is 6.54 Å². The molecule has 5 nitrogen and oxygen atoms in total. The molecule has 23 heavy (non-hydrogen) atoms. The number of rotatable bonds is 3. The number of likely N-dealkylation sites (tertiary alicyclic amines) is 1. The normalized spacial score (nSPS) is 21.9. The average molecular weight is 319 g/mol. The predicted octanol–water partition coefficient (Wildman–Crippen LogP) is 2.43. The SMILES string of the molecule is CN1CCN(Cc2ccc(C(=O)N3CCCCCCC3)o2)CC1. The summed E-state index contributed by atoms with van der Waals surface area (Å²) in [6.45, 7) is 6.86. The lowest BCUT2D eigenvalue weighted by Gasteiger charge is -2.31. The van der Waals surface area contributed by atoms with Crippen molar-refractivity contribution in [3.63, 3.8) is 0 Å². The molecule has 3 rings (SSSR count). The number of nitrogens with zero attached hydrogens (tertiary/aromatic N) is 3. The zero-order valence-electron chi connectivity index (χ0n) is 14.3. The minimum atomic E-state index is 0.0662. The summed E-state index contributed by atoms with van der Waals surface area (Å²) in [6, 6.07) is 3.82. The Morgan fingerprint density at radius 3 is 2.30 bits per heavy atom. The summed E-state index contributed by atoms with van der Waals surface area (Å²) in [4.78, 5) is 19.3. The van der Waals surface area contributed by atoms with Crippen LogP contribution in [-0.4, -0.2) is 66.9 Å². The molecular formula is C18H29N3O2. The zero-order valence-corrected chi connectivity index (χ0v) is 14.3. The van der Waals surface area contributed by atoms with Gasteiger partial charge in [-0.2, -0.15) is 0 Å². The molecule has 1 aromatic rings. The summed E-state index contributed by atoms with van der Waals surface area (Å²) >= 11 is 0. The predicted molar refractivity (Wildman–Crippen MR) is 90.5 cm³/mol. The highest BCUT2D eigenvalue weighted by molar-refractivity contribution is 5.91. The Labute approximate surface area is 139 Å². The number of carbonyl (C=O) groups excluding carboxylic acids is 1. The highest BCUT2D eigenvalue weighted by Crippen LogP contribution is 2.17. The monoisotopic (exact) mass is 319 g/mol. The molecule has 0 spiro atoms. The largest absolute Gasteiger partial charge is 0.455 e. The Morgan fingerprint density at radius 2 is 1.61 bits per heavy atom. The van der Waals surface area contributed by atoms with Crippen LogP contribution in [-0.2, 0) is 6.54 Å². The standard InChI is InChI=1S/C18H29N3O2/c1-19-11-13-20(14-12-19)15-16-7-8-17(23-16)18(22)21-9-5-3-2-4-6-10-21/h7-8H,2-6,9-15H2,1H3. The van der Waals surface area contributed by atoms with Gasteiger partial charge < -0.3 is 14.2 Å². The molecule has 0 aliphatic carbocycles. The third-order valence-corrected chi connectivity index (χ3v) is 4.99. The number of amides is 1. The first-order valence-electron chi connectivity index (χ1n) is 9.01. The number of hydrogen-bond donors (Lipinski definition) is 0. The number of furan rings is 1. The van der Waals surface area contributed by atoms with Crippen LogP contribution in [0.2, 0.25) is 0 Å². The number of likely N-dealkylation sites (N-methyl/N-ethyl adjacent to an activating group) is 1. The van der Waals surface area contributed by atoms with E-state index < -0.39 is 0 Å². The minimum absolute atomic E-state index is 0.0662. The van der Waals surface area contributed by atoms with Crippen LogP contribution in [0.25, 0.3) is 0 Å². The van der Waals surface area contributed by atoms with E-state index in [1.807, 2.05) is 17.0 Å². The van der Waals surface area contributed by atoms with Crippen molar-refractivity contribution in [2.75, 3.05) is 46.3 Å². The van der Waals surface area contributed by atoms with Crippen LogP contribution in [0.4, 0.5) is 0 Å². The molecule has 2 aliphatic heterocycles. The van der Waals surface area contributed by atoms with Gasteiger partial charge in [0.25, 0.3) is 5.91 Å². The average Bonchev–Trinajstić information content (AvgIpc) is 2.97. The highest BCUT2D eigenvalue weighted by atomic mass is 16.4. The van der Waals surface area contributed by atoms with E-state index in [1.165, 1.54) is 19.3 Å². The first-order chi connectivity index (χ1) is 11.2. The molecule has 128 valence electrons. The first-order valence-corrected chi connectivity index (χ1v) is 9.01. The third-order valence-electron chi connectivity index (χ3n) is 4.99. The second-order valence-electron chi connectivity index (χ2n) is 6.91. The molecule has 5 heteroatoms. The lowest BCUT2D eigenvalue weighted by Crippen LogP contribution is -2.43. The maximum atomic E-state index is 12.6. The number of hydrogen-bond acceptors (Lipinski definition) is 4. The first kappa shape index (κ1) is 16.5. The van der Waals surface area contributed by atoms with Crippen molar-refractivity contribution in [3.05, 3.63) is 23.7 Å². The summed E-state index contributed by atoms with van der Waals surface area (Å²) < 4.78 is 5.85. The van der Waals surface area contributed by atoms with Gasteiger partial charge in [0.2, 0.25) is 0 Å². The molecular weight excluding hydrogens is 290 g/mol. The Bertz CT molecular complexity index is 498. The van der Waals surface area contributed by atoms with Gasteiger partial charge in [-0.05, 0) is 32.0 Å². The van der Waals surface area contributed by atoms with Crippen LogP contribution in [0.15, 0.2) is 16.5 Å². The van der Waals surface area contributed by atoms with Crippen LogP contribution in [0, 0.1) is 0 Å². The molecule has 3 heterocycles. The summed E-state index contributed by atoms with van der Waals surface area (Å²) in [5.74, 6) is 1.48. The van der Waals surface area contributed by atoms with Crippen LogP contribution in [0.5, 0.6) is 0 Å². The van der Waals surface area contributed by atoms with Crippen molar-refractivity contribution in [1.82, 2.24) is 14.7 Å². The molecule has 2 aliphatic rings. The van der Waals surface area contributed by atoms with Gasteiger partial charge in [0.15, 0.2) is 5.76 Å².